The van der Waals surface area contributed by atoms with Gasteiger partial charge in [0.1, 0.15) is 11.4 Å². The van der Waals surface area contributed by atoms with Crippen LogP contribution in [0.15, 0.2) is 53.8 Å². The molecule has 0 aliphatic carbocycles. The minimum atomic E-state index is -0.701. The quantitative estimate of drug-likeness (QED) is 0.557. The summed E-state index contributed by atoms with van der Waals surface area (Å²) in [4.78, 5) is 11.2. The summed E-state index contributed by atoms with van der Waals surface area (Å²) in [5, 5.41) is 2.81. The second kappa shape index (κ2) is 4.98. The van der Waals surface area contributed by atoms with E-state index in [1.165, 1.54) is 5.56 Å². The Bertz CT molecular complexity index is 1090. The monoisotopic (exact) mass is 363 g/mol. The highest BCUT2D eigenvalue weighted by atomic mass is 35.5. The zero-order valence-corrected chi connectivity index (χ0v) is 15.6. The highest BCUT2D eigenvalue weighted by Crippen LogP contribution is 2.54. The van der Waals surface area contributed by atoms with Crippen LogP contribution in [0.2, 0.25) is 5.02 Å². The van der Waals surface area contributed by atoms with Gasteiger partial charge in [-0.2, -0.15) is 0 Å². The maximum atomic E-state index is 6.65. The maximum absolute atomic E-state index is 6.65. The molecule has 5 heteroatoms. The molecule has 1 spiro atoms. The van der Waals surface area contributed by atoms with E-state index in [2.05, 4.69) is 29.8 Å². The lowest BCUT2D eigenvalue weighted by Gasteiger charge is -2.44. The molecule has 0 bridgehead atoms. The highest BCUT2D eigenvalue weighted by molar-refractivity contribution is 6.31. The molecule has 1 atom stereocenters. The van der Waals surface area contributed by atoms with Crippen LogP contribution >= 0.6 is 11.6 Å². The maximum Gasteiger partial charge on any atom is 0.228 e. The Morgan fingerprint density at radius 2 is 1.96 bits per heavy atom. The number of ether oxygens (including phenoxy) is 1. The summed E-state index contributed by atoms with van der Waals surface area (Å²) in [5.74, 6) is 0.782. The Morgan fingerprint density at radius 1 is 1.12 bits per heavy atom. The molecule has 0 saturated carbocycles. The van der Waals surface area contributed by atoms with Crippen molar-refractivity contribution in [3.63, 3.8) is 0 Å². The van der Waals surface area contributed by atoms with Crippen molar-refractivity contribution in [1.29, 1.82) is 0 Å². The van der Waals surface area contributed by atoms with E-state index >= 15 is 0 Å². The van der Waals surface area contributed by atoms with E-state index in [0.29, 0.717) is 0 Å². The number of halogens is 1. The number of hydrogen-bond acceptors (Lipinski definition) is 4. The van der Waals surface area contributed by atoms with Gasteiger partial charge < -0.3 is 9.64 Å². The number of aromatic nitrogens is 1. The minimum absolute atomic E-state index is 0.296. The van der Waals surface area contributed by atoms with Gasteiger partial charge in [-0.05, 0) is 49.7 Å². The second-order valence-corrected chi connectivity index (χ2v) is 7.85. The zero-order valence-electron chi connectivity index (χ0n) is 14.8. The summed E-state index contributed by atoms with van der Waals surface area (Å²) in [6.07, 6.45) is 5.56. The van der Waals surface area contributed by atoms with E-state index < -0.39 is 5.72 Å². The first-order valence-corrected chi connectivity index (χ1v) is 8.97. The van der Waals surface area contributed by atoms with Crippen LogP contribution in [-0.2, 0) is 5.41 Å². The van der Waals surface area contributed by atoms with Gasteiger partial charge in [0, 0.05) is 40.9 Å². The number of benzene rings is 2. The lowest BCUT2D eigenvalue weighted by Crippen LogP contribution is -2.61. The third kappa shape index (κ3) is 1.80. The number of likely N-dealkylation sites (N-methyl/N-ethyl adjacent to an activating group) is 1. The summed E-state index contributed by atoms with van der Waals surface area (Å²) in [7, 11) is 2.03. The Labute approximate surface area is 157 Å². The third-order valence-corrected chi connectivity index (χ3v) is 6.01. The summed E-state index contributed by atoms with van der Waals surface area (Å²) >= 11 is 6.25. The van der Waals surface area contributed by atoms with Gasteiger partial charge in [0.2, 0.25) is 5.72 Å². The molecule has 130 valence electrons. The van der Waals surface area contributed by atoms with Gasteiger partial charge in [0.05, 0.1) is 11.6 Å². The van der Waals surface area contributed by atoms with Crippen LogP contribution < -0.4 is 9.64 Å². The Morgan fingerprint density at radius 3 is 2.81 bits per heavy atom. The standard InChI is InChI=1S/C21H18ClN3O/c1-20(2)16-6-5-14(22)10-17(16)25(3)21(20)12-24-19-15-8-9-23-11-13(15)4-7-18(19)26-21/h4-12H,1-3H3. The Balaban J connectivity index is 1.71. The van der Waals surface area contributed by atoms with Crippen molar-refractivity contribution < 1.29 is 4.74 Å². The van der Waals surface area contributed by atoms with Gasteiger partial charge in [-0.15, -0.1) is 0 Å². The molecule has 3 aromatic rings. The minimum Gasteiger partial charge on any atom is -0.459 e. The predicted molar refractivity (Wildman–Crippen MR) is 106 cm³/mol. The van der Waals surface area contributed by atoms with Crippen LogP contribution in [0.3, 0.4) is 0 Å². The lowest BCUT2D eigenvalue weighted by molar-refractivity contribution is 0.0826. The van der Waals surface area contributed by atoms with Crippen molar-refractivity contribution in [3.05, 3.63) is 59.4 Å². The molecule has 1 unspecified atom stereocenters. The fourth-order valence-electron chi connectivity index (χ4n) is 4.24. The normalized spacial score (nSPS) is 22.4. The molecular weight excluding hydrogens is 346 g/mol. The van der Waals surface area contributed by atoms with Crippen LogP contribution in [0.5, 0.6) is 5.75 Å². The fraction of sp³-hybridized carbons (Fsp3) is 0.238. The topological polar surface area (TPSA) is 37.7 Å². The summed E-state index contributed by atoms with van der Waals surface area (Å²) in [5.41, 5.74) is 2.13. The lowest BCUT2D eigenvalue weighted by atomic mass is 9.77. The number of aliphatic imine (C=N–C) groups is 1. The van der Waals surface area contributed by atoms with Crippen molar-refractivity contribution in [3.8, 4) is 5.75 Å². The molecule has 0 saturated heterocycles. The van der Waals surface area contributed by atoms with E-state index in [-0.39, 0.29) is 5.41 Å². The molecule has 2 aliphatic rings. The van der Waals surface area contributed by atoms with Crippen molar-refractivity contribution in [2.24, 2.45) is 4.99 Å². The second-order valence-electron chi connectivity index (χ2n) is 7.41. The highest BCUT2D eigenvalue weighted by Gasteiger charge is 2.58. The van der Waals surface area contributed by atoms with Crippen LogP contribution in [0.4, 0.5) is 11.4 Å². The van der Waals surface area contributed by atoms with Crippen LogP contribution in [-0.4, -0.2) is 24.0 Å². The molecule has 4 nitrogen and oxygen atoms in total. The fourth-order valence-corrected chi connectivity index (χ4v) is 4.41. The largest absolute Gasteiger partial charge is 0.459 e. The van der Waals surface area contributed by atoms with E-state index in [0.717, 1.165) is 32.9 Å². The van der Waals surface area contributed by atoms with Gasteiger partial charge in [0.25, 0.3) is 0 Å². The molecule has 2 aromatic carbocycles. The summed E-state index contributed by atoms with van der Waals surface area (Å²) in [6, 6.07) is 12.0. The average molecular weight is 364 g/mol. The first-order valence-electron chi connectivity index (χ1n) is 8.59. The number of pyridine rings is 1. The summed E-state index contributed by atoms with van der Waals surface area (Å²) in [6.45, 7) is 4.37. The molecule has 0 fully saturated rings. The zero-order chi connectivity index (χ0) is 18.1. The molecule has 1 aromatic heterocycles. The van der Waals surface area contributed by atoms with Crippen LogP contribution in [0.25, 0.3) is 10.8 Å². The molecule has 0 radical (unpaired) electrons. The van der Waals surface area contributed by atoms with E-state index in [1.54, 1.807) is 6.20 Å². The van der Waals surface area contributed by atoms with Gasteiger partial charge in [0.15, 0.2) is 0 Å². The predicted octanol–water partition coefficient (Wildman–Crippen LogP) is 5.11. The Kier molecular flexibility index (Phi) is 3.00. The first-order chi connectivity index (χ1) is 12.4. The molecular formula is C21H18ClN3O. The molecule has 0 N–H and O–H groups in total. The van der Waals surface area contributed by atoms with Gasteiger partial charge in [-0.3, -0.25) is 9.98 Å². The SMILES string of the molecule is CN1c2cc(Cl)ccc2C(C)(C)C12C=Nc1c(ccc3cnccc13)O2. The first kappa shape index (κ1) is 15.6. The third-order valence-electron chi connectivity index (χ3n) is 5.78. The van der Waals surface area contributed by atoms with Crippen LogP contribution in [0, 0.1) is 0 Å². The van der Waals surface area contributed by atoms with Crippen molar-refractivity contribution in [2.75, 3.05) is 11.9 Å². The molecule has 3 heterocycles. The number of nitrogens with zero attached hydrogens (tertiary/aromatic N) is 3. The van der Waals surface area contributed by atoms with E-state index in [4.69, 9.17) is 21.3 Å². The molecule has 5 rings (SSSR count). The summed E-state index contributed by atoms with van der Waals surface area (Å²) < 4.78 is 6.65. The van der Waals surface area contributed by atoms with Crippen LogP contribution in [0.1, 0.15) is 19.4 Å². The number of rotatable bonds is 0. The van der Waals surface area contributed by atoms with Gasteiger partial charge >= 0.3 is 0 Å². The van der Waals surface area contributed by atoms with Crippen molar-refractivity contribution >= 4 is 40.0 Å². The van der Waals surface area contributed by atoms with Crippen molar-refractivity contribution in [1.82, 2.24) is 4.98 Å². The van der Waals surface area contributed by atoms with Crippen molar-refractivity contribution in [2.45, 2.75) is 25.0 Å². The van der Waals surface area contributed by atoms with Gasteiger partial charge in [-0.25, -0.2) is 0 Å². The number of hydrogen-bond donors (Lipinski definition) is 0. The van der Waals surface area contributed by atoms with E-state index in [1.807, 2.05) is 49.8 Å². The van der Waals surface area contributed by atoms with E-state index in [9.17, 15) is 0 Å². The average Bonchev–Trinajstić information content (AvgIpc) is 2.80. The van der Waals surface area contributed by atoms with Gasteiger partial charge in [-0.1, -0.05) is 17.7 Å². The number of anilines is 1. The number of fused-ring (bicyclic) bond motifs is 4. The molecule has 2 aliphatic heterocycles. The Hall–Kier alpha value is -2.59. The molecule has 0 amide bonds. The molecule has 26 heavy (non-hydrogen) atoms. The smallest absolute Gasteiger partial charge is 0.228 e.